The van der Waals surface area contributed by atoms with Crippen molar-refractivity contribution in [3.63, 3.8) is 0 Å². The second-order valence-corrected chi connectivity index (χ2v) is 5.69. The predicted molar refractivity (Wildman–Crippen MR) is 84.4 cm³/mol. The zero-order valence-corrected chi connectivity index (χ0v) is 13.5. The number of aromatic nitrogens is 2. The number of anilines is 1. The molecule has 0 bridgehead atoms. The molecule has 0 saturated carbocycles. The lowest BCUT2D eigenvalue weighted by Crippen LogP contribution is -2.22. The summed E-state index contributed by atoms with van der Waals surface area (Å²) in [5.41, 5.74) is 6.10. The molecule has 0 fully saturated rings. The summed E-state index contributed by atoms with van der Waals surface area (Å²) in [5, 5.41) is 0.427. The van der Waals surface area contributed by atoms with Crippen LogP contribution in [0.15, 0.2) is 29.1 Å². The highest BCUT2D eigenvalue weighted by Gasteiger charge is 2.37. The van der Waals surface area contributed by atoms with Gasteiger partial charge < -0.3 is 5.73 Å². The van der Waals surface area contributed by atoms with E-state index in [1.807, 2.05) is 0 Å². The molecule has 2 rings (SSSR count). The number of nitrogen functional groups attached to an aromatic ring is 1. The number of hydrogen-bond donors (Lipinski definition) is 1. The summed E-state index contributed by atoms with van der Waals surface area (Å²) in [4.78, 5) is 23.2. The summed E-state index contributed by atoms with van der Waals surface area (Å²) in [6, 6.07) is 6.53. The first-order valence-corrected chi connectivity index (χ1v) is 7.43. The number of halogens is 4. The molecule has 0 aliphatic carbocycles. The van der Waals surface area contributed by atoms with Gasteiger partial charge >= 0.3 is 6.18 Å². The molecule has 0 spiro atoms. The Bertz CT molecular complexity index is 824. The minimum Gasteiger partial charge on any atom is -0.393 e. The van der Waals surface area contributed by atoms with Gasteiger partial charge in [-0.1, -0.05) is 17.7 Å². The number of rotatable bonds is 5. The maximum atomic E-state index is 12.3. The number of benzene rings is 1. The van der Waals surface area contributed by atoms with Crippen LogP contribution in [0, 0.1) is 0 Å². The van der Waals surface area contributed by atoms with Crippen molar-refractivity contribution in [3.05, 3.63) is 45.3 Å². The Morgan fingerprint density at radius 3 is 2.58 bits per heavy atom. The highest BCUT2D eigenvalue weighted by atomic mass is 35.5. The molecule has 0 atom stereocenters. The third-order valence-corrected chi connectivity index (χ3v) is 3.85. The summed E-state index contributed by atoms with van der Waals surface area (Å²) in [6.07, 6.45) is -5.48. The van der Waals surface area contributed by atoms with Crippen LogP contribution >= 0.6 is 11.6 Å². The number of Topliss-reactive ketones (excluding diaryl/α,β-unsaturated/α-hetero) is 1. The number of carbonyl (C=O) groups excluding carboxylic acids is 1. The monoisotopic (exact) mass is 361 g/mol. The van der Waals surface area contributed by atoms with Gasteiger partial charge in [-0.3, -0.25) is 14.3 Å². The van der Waals surface area contributed by atoms with Crippen LogP contribution in [-0.2, 0) is 18.3 Å². The van der Waals surface area contributed by atoms with Crippen LogP contribution in [0.2, 0.25) is 5.02 Å². The highest BCUT2D eigenvalue weighted by molar-refractivity contribution is 6.30. The molecular formula is C15H15ClF3N3O2. The van der Waals surface area contributed by atoms with Gasteiger partial charge in [0, 0.05) is 18.5 Å². The molecule has 2 aromatic rings. The van der Waals surface area contributed by atoms with Gasteiger partial charge in [0.05, 0.1) is 11.4 Å². The largest absolute Gasteiger partial charge is 0.449 e. The molecule has 0 amide bonds. The Morgan fingerprint density at radius 1 is 1.33 bits per heavy atom. The minimum atomic E-state index is -4.84. The first kappa shape index (κ1) is 18.1. The van der Waals surface area contributed by atoms with E-state index in [0.717, 1.165) is 0 Å². The first-order valence-electron chi connectivity index (χ1n) is 7.05. The molecule has 0 radical (unpaired) electrons. The molecule has 5 nitrogen and oxygen atoms in total. The topological polar surface area (TPSA) is 70.0 Å². The fourth-order valence-electron chi connectivity index (χ4n) is 2.42. The maximum absolute atomic E-state index is 12.3. The van der Waals surface area contributed by atoms with Gasteiger partial charge in [-0.25, -0.2) is 4.68 Å². The van der Waals surface area contributed by atoms with E-state index >= 15 is 0 Å². The van der Waals surface area contributed by atoms with E-state index in [-0.39, 0.29) is 18.5 Å². The SMILES string of the molecule is Cn1c(CCCC(=O)C(F)(F)F)c(N)c(=O)n1-c1cccc(Cl)c1. The van der Waals surface area contributed by atoms with Gasteiger partial charge in [-0.2, -0.15) is 13.2 Å². The van der Waals surface area contributed by atoms with Crippen molar-refractivity contribution in [2.45, 2.75) is 25.4 Å². The van der Waals surface area contributed by atoms with Gasteiger partial charge in [-0.05, 0) is 31.0 Å². The molecule has 24 heavy (non-hydrogen) atoms. The van der Waals surface area contributed by atoms with Gasteiger partial charge in [0.25, 0.3) is 5.56 Å². The Kier molecular flexibility index (Phi) is 5.08. The van der Waals surface area contributed by atoms with E-state index in [1.54, 1.807) is 31.3 Å². The third kappa shape index (κ3) is 3.64. The lowest BCUT2D eigenvalue weighted by Gasteiger charge is -2.10. The molecule has 0 aliphatic rings. The van der Waals surface area contributed by atoms with E-state index in [0.29, 0.717) is 16.4 Å². The molecule has 0 unspecified atom stereocenters. The summed E-state index contributed by atoms with van der Waals surface area (Å²) < 4.78 is 39.4. The molecule has 1 heterocycles. The highest BCUT2D eigenvalue weighted by Crippen LogP contribution is 2.21. The smallest absolute Gasteiger partial charge is 0.393 e. The number of hydrogen-bond acceptors (Lipinski definition) is 3. The average molecular weight is 362 g/mol. The van der Waals surface area contributed by atoms with E-state index in [1.165, 1.54) is 9.36 Å². The molecule has 1 aromatic heterocycles. The molecule has 9 heteroatoms. The fraction of sp³-hybridized carbons (Fsp3) is 0.333. The summed E-state index contributed by atoms with van der Waals surface area (Å²) >= 11 is 5.91. The van der Waals surface area contributed by atoms with Gasteiger partial charge in [0.15, 0.2) is 0 Å². The van der Waals surface area contributed by atoms with Crippen molar-refractivity contribution >= 4 is 23.1 Å². The number of alkyl halides is 3. The zero-order chi connectivity index (χ0) is 18.1. The van der Waals surface area contributed by atoms with Gasteiger partial charge in [0.2, 0.25) is 5.78 Å². The first-order chi connectivity index (χ1) is 11.1. The van der Waals surface area contributed by atoms with Crippen molar-refractivity contribution in [2.75, 3.05) is 5.73 Å². The van der Waals surface area contributed by atoms with Crippen molar-refractivity contribution in [3.8, 4) is 5.69 Å². The Morgan fingerprint density at radius 2 is 2.00 bits per heavy atom. The van der Waals surface area contributed by atoms with Crippen molar-refractivity contribution in [1.29, 1.82) is 0 Å². The molecule has 0 aliphatic heterocycles. The lowest BCUT2D eigenvalue weighted by molar-refractivity contribution is -0.171. The molecule has 130 valence electrons. The Labute approximate surface area is 140 Å². The van der Waals surface area contributed by atoms with Crippen LogP contribution in [0.1, 0.15) is 18.5 Å². The lowest BCUT2D eigenvalue weighted by atomic mass is 10.1. The van der Waals surface area contributed by atoms with E-state index in [9.17, 15) is 22.8 Å². The van der Waals surface area contributed by atoms with Crippen molar-refractivity contribution < 1.29 is 18.0 Å². The minimum absolute atomic E-state index is 0.0584. The van der Waals surface area contributed by atoms with Gasteiger partial charge in [0.1, 0.15) is 5.69 Å². The zero-order valence-electron chi connectivity index (χ0n) is 12.7. The second-order valence-electron chi connectivity index (χ2n) is 5.26. The van der Waals surface area contributed by atoms with Crippen LogP contribution in [0.3, 0.4) is 0 Å². The number of ketones is 1. The van der Waals surface area contributed by atoms with E-state index < -0.39 is 23.9 Å². The number of nitrogens with zero attached hydrogens (tertiary/aromatic N) is 2. The van der Waals surface area contributed by atoms with E-state index in [4.69, 9.17) is 17.3 Å². The van der Waals surface area contributed by atoms with E-state index in [2.05, 4.69) is 0 Å². The van der Waals surface area contributed by atoms with Crippen molar-refractivity contribution in [2.24, 2.45) is 7.05 Å². The normalized spacial score (nSPS) is 11.7. The average Bonchev–Trinajstić information content (AvgIpc) is 2.69. The fourth-order valence-corrected chi connectivity index (χ4v) is 2.61. The van der Waals surface area contributed by atoms with Crippen LogP contribution in [0.5, 0.6) is 0 Å². The van der Waals surface area contributed by atoms with Gasteiger partial charge in [-0.15, -0.1) is 0 Å². The third-order valence-electron chi connectivity index (χ3n) is 3.61. The quantitative estimate of drug-likeness (QED) is 0.890. The number of nitrogens with two attached hydrogens (primary N) is 1. The van der Waals surface area contributed by atoms with Crippen LogP contribution in [0.4, 0.5) is 18.9 Å². The van der Waals surface area contributed by atoms with Crippen LogP contribution in [-0.4, -0.2) is 21.3 Å². The predicted octanol–water partition coefficient (Wildman–Crippen LogP) is 2.87. The summed E-state index contributed by atoms with van der Waals surface area (Å²) in [5.74, 6) is -1.79. The summed E-state index contributed by atoms with van der Waals surface area (Å²) in [7, 11) is 1.57. The molecule has 2 N–H and O–H groups in total. The molecule has 0 saturated heterocycles. The Balaban J connectivity index is 2.26. The van der Waals surface area contributed by atoms with Crippen LogP contribution < -0.4 is 11.3 Å². The van der Waals surface area contributed by atoms with Crippen molar-refractivity contribution in [1.82, 2.24) is 9.36 Å². The van der Waals surface area contributed by atoms with Crippen LogP contribution in [0.25, 0.3) is 5.69 Å². The maximum Gasteiger partial charge on any atom is 0.449 e. The second kappa shape index (κ2) is 6.72. The number of carbonyl (C=O) groups is 1. The Hall–Kier alpha value is -2.22. The standard InChI is InChI=1S/C15H15ClF3N3O2/c1-21-11(6-3-7-12(23)15(17,18)19)13(20)14(24)22(21)10-5-2-4-9(16)8-10/h2,4-5,8H,3,6-7,20H2,1H3. The summed E-state index contributed by atoms with van der Waals surface area (Å²) in [6.45, 7) is 0. The molecule has 1 aromatic carbocycles. The molecular weight excluding hydrogens is 347 g/mol.